The van der Waals surface area contributed by atoms with Crippen LogP contribution in [0.3, 0.4) is 0 Å². The molecule has 1 aliphatic carbocycles. The molecular formula is C24H28N2O2S. The minimum atomic E-state index is -0.0659. The van der Waals surface area contributed by atoms with Crippen molar-refractivity contribution >= 4 is 35.0 Å². The Hall–Kier alpha value is -2.27. The summed E-state index contributed by atoms with van der Waals surface area (Å²) >= 11 is 1.65. The highest BCUT2D eigenvalue weighted by atomic mass is 32.2. The standard InChI is InChI=1S/C24H28N2O2S/c1-2-8-17-9-5-6-14-21(17)26-22(27)16-29-24(26)19-12-7-13-20(15-19)25-23(28)18-10-3-4-11-18/h5-7,9,12-15,18,24H,2-4,8,10-11,16H2,1H3,(H,25,28)/t24-/m1/s1. The Morgan fingerprint density at radius 2 is 1.93 bits per heavy atom. The van der Waals surface area contributed by atoms with E-state index in [9.17, 15) is 9.59 Å². The van der Waals surface area contributed by atoms with Crippen LogP contribution in [0.15, 0.2) is 48.5 Å². The topological polar surface area (TPSA) is 49.4 Å². The molecule has 0 radical (unpaired) electrons. The number of nitrogens with zero attached hydrogens (tertiary/aromatic N) is 1. The molecule has 152 valence electrons. The van der Waals surface area contributed by atoms with Gasteiger partial charge in [0, 0.05) is 17.3 Å². The maximum atomic E-state index is 12.8. The second-order valence-corrected chi connectivity index (χ2v) is 8.97. The summed E-state index contributed by atoms with van der Waals surface area (Å²) in [5.41, 5.74) is 4.09. The van der Waals surface area contributed by atoms with E-state index in [2.05, 4.69) is 24.4 Å². The number of thioether (sulfide) groups is 1. The normalized spacial score (nSPS) is 19.7. The number of nitrogens with one attached hydrogen (secondary N) is 1. The fourth-order valence-corrected chi connectivity index (χ4v) is 5.52. The quantitative estimate of drug-likeness (QED) is 0.682. The number of hydrogen-bond donors (Lipinski definition) is 1. The number of anilines is 2. The molecule has 2 aliphatic rings. The monoisotopic (exact) mass is 408 g/mol. The first-order chi connectivity index (χ1) is 14.2. The van der Waals surface area contributed by atoms with E-state index >= 15 is 0 Å². The zero-order valence-electron chi connectivity index (χ0n) is 16.9. The van der Waals surface area contributed by atoms with Gasteiger partial charge in [0.15, 0.2) is 0 Å². The van der Waals surface area contributed by atoms with Crippen LogP contribution >= 0.6 is 11.8 Å². The first kappa shape index (κ1) is 20.0. The van der Waals surface area contributed by atoms with E-state index in [0.29, 0.717) is 5.75 Å². The zero-order chi connectivity index (χ0) is 20.2. The molecule has 29 heavy (non-hydrogen) atoms. The van der Waals surface area contributed by atoms with Crippen LogP contribution in [-0.2, 0) is 16.0 Å². The number of hydrogen-bond acceptors (Lipinski definition) is 3. The van der Waals surface area contributed by atoms with Crippen LogP contribution in [0, 0.1) is 5.92 Å². The third-order valence-electron chi connectivity index (χ3n) is 5.80. The lowest BCUT2D eigenvalue weighted by atomic mass is 10.1. The van der Waals surface area contributed by atoms with Crippen molar-refractivity contribution in [1.82, 2.24) is 0 Å². The van der Waals surface area contributed by atoms with Gasteiger partial charge < -0.3 is 5.32 Å². The van der Waals surface area contributed by atoms with Crippen molar-refractivity contribution in [2.75, 3.05) is 16.0 Å². The molecule has 1 saturated carbocycles. The van der Waals surface area contributed by atoms with Crippen molar-refractivity contribution in [3.8, 4) is 0 Å². The molecule has 1 N–H and O–H groups in total. The van der Waals surface area contributed by atoms with E-state index in [-0.39, 0.29) is 23.1 Å². The molecule has 5 heteroatoms. The molecule has 1 heterocycles. The Morgan fingerprint density at radius 1 is 1.14 bits per heavy atom. The predicted octanol–water partition coefficient (Wildman–Crippen LogP) is 5.55. The Labute approximate surface area is 177 Å². The van der Waals surface area contributed by atoms with Gasteiger partial charge in [0.2, 0.25) is 11.8 Å². The Balaban J connectivity index is 1.58. The van der Waals surface area contributed by atoms with Gasteiger partial charge in [-0.25, -0.2) is 0 Å². The van der Waals surface area contributed by atoms with Crippen LogP contribution in [0.25, 0.3) is 0 Å². The number of para-hydroxylation sites is 1. The summed E-state index contributed by atoms with van der Waals surface area (Å²) in [5, 5.41) is 3.03. The Kier molecular flexibility index (Phi) is 6.24. The second kappa shape index (κ2) is 9.04. The van der Waals surface area contributed by atoms with Gasteiger partial charge in [-0.2, -0.15) is 0 Å². The first-order valence-corrected chi connectivity index (χ1v) is 11.6. The van der Waals surface area contributed by atoms with Gasteiger partial charge in [-0.3, -0.25) is 14.5 Å². The molecule has 2 amide bonds. The van der Waals surface area contributed by atoms with Crippen molar-refractivity contribution in [2.45, 2.75) is 50.8 Å². The van der Waals surface area contributed by atoms with Gasteiger partial charge in [0.1, 0.15) is 5.37 Å². The third kappa shape index (κ3) is 4.35. The molecule has 4 nitrogen and oxygen atoms in total. The van der Waals surface area contributed by atoms with Crippen LogP contribution in [0.5, 0.6) is 0 Å². The average molecular weight is 409 g/mol. The molecule has 2 aromatic carbocycles. The van der Waals surface area contributed by atoms with Gasteiger partial charge in [0.05, 0.1) is 5.75 Å². The highest BCUT2D eigenvalue weighted by Crippen LogP contribution is 2.43. The largest absolute Gasteiger partial charge is 0.326 e. The molecule has 1 aliphatic heterocycles. The van der Waals surface area contributed by atoms with E-state index in [0.717, 1.165) is 55.5 Å². The molecular weight excluding hydrogens is 380 g/mol. The van der Waals surface area contributed by atoms with E-state index in [1.54, 1.807) is 11.8 Å². The van der Waals surface area contributed by atoms with Crippen molar-refractivity contribution in [3.05, 3.63) is 59.7 Å². The molecule has 2 fully saturated rings. The zero-order valence-corrected chi connectivity index (χ0v) is 17.7. The minimum absolute atomic E-state index is 0.0659. The Morgan fingerprint density at radius 3 is 2.72 bits per heavy atom. The first-order valence-electron chi connectivity index (χ1n) is 10.6. The molecule has 0 aromatic heterocycles. The van der Waals surface area contributed by atoms with E-state index in [1.807, 2.05) is 41.3 Å². The van der Waals surface area contributed by atoms with E-state index < -0.39 is 0 Å². The van der Waals surface area contributed by atoms with Gasteiger partial charge in [-0.05, 0) is 48.6 Å². The summed E-state index contributed by atoms with van der Waals surface area (Å²) in [7, 11) is 0. The third-order valence-corrected chi connectivity index (χ3v) is 7.02. The molecule has 1 saturated heterocycles. The lowest BCUT2D eigenvalue weighted by Gasteiger charge is -2.27. The highest BCUT2D eigenvalue weighted by molar-refractivity contribution is 8.00. The minimum Gasteiger partial charge on any atom is -0.326 e. The summed E-state index contributed by atoms with van der Waals surface area (Å²) < 4.78 is 0. The maximum absolute atomic E-state index is 12.8. The second-order valence-electron chi connectivity index (χ2n) is 7.90. The van der Waals surface area contributed by atoms with E-state index in [4.69, 9.17) is 0 Å². The Bertz CT molecular complexity index is 892. The summed E-state index contributed by atoms with van der Waals surface area (Å²) in [6.07, 6.45) is 6.26. The van der Waals surface area contributed by atoms with Crippen molar-refractivity contribution in [3.63, 3.8) is 0 Å². The van der Waals surface area contributed by atoms with Gasteiger partial charge in [0.25, 0.3) is 0 Å². The van der Waals surface area contributed by atoms with Crippen molar-refractivity contribution in [1.29, 1.82) is 0 Å². The molecule has 0 bridgehead atoms. The van der Waals surface area contributed by atoms with Crippen LogP contribution in [0.2, 0.25) is 0 Å². The van der Waals surface area contributed by atoms with Crippen LogP contribution < -0.4 is 10.2 Å². The SMILES string of the molecule is CCCc1ccccc1N1C(=O)CS[C@@H]1c1cccc(NC(=O)C2CCCC2)c1. The molecule has 2 aromatic rings. The number of carbonyl (C=O) groups excluding carboxylic acids is 2. The predicted molar refractivity (Wildman–Crippen MR) is 120 cm³/mol. The van der Waals surface area contributed by atoms with Gasteiger partial charge in [-0.1, -0.05) is 56.5 Å². The van der Waals surface area contributed by atoms with Crippen LogP contribution in [-0.4, -0.2) is 17.6 Å². The summed E-state index contributed by atoms with van der Waals surface area (Å²) in [5.74, 6) is 0.881. The van der Waals surface area contributed by atoms with Crippen LogP contribution in [0.1, 0.15) is 55.5 Å². The van der Waals surface area contributed by atoms with Gasteiger partial charge >= 0.3 is 0 Å². The van der Waals surface area contributed by atoms with Crippen molar-refractivity contribution in [2.24, 2.45) is 5.92 Å². The number of benzene rings is 2. The lowest BCUT2D eigenvalue weighted by molar-refractivity contribution is -0.119. The molecule has 4 rings (SSSR count). The summed E-state index contributed by atoms with van der Waals surface area (Å²) in [6.45, 7) is 2.16. The van der Waals surface area contributed by atoms with E-state index in [1.165, 1.54) is 5.56 Å². The summed E-state index contributed by atoms with van der Waals surface area (Å²) in [4.78, 5) is 27.2. The number of amides is 2. The van der Waals surface area contributed by atoms with Gasteiger partial charge in [-0.15, -0.1) is 11.8 Å². The fraction of sp³-hybridized carbons (Fsp3) is 0.417. The highest BCUT2D eigenvalue weighted by Gasteiger charge is 2.35. The lowest BCUT2D eigenvalue weighted by Crippen LogP contribution is -2.29. The molecule has 0 spiro atoms. The number of rotatable bonds is 6. The summed E-state index contributed by atoms with van der Waals surface area (Å²) in [6, 6.07) is 16.2. The molecule has 1 atom stereocenters. The van der Waals surface area contributed by atoms with Crippen LogP contribution in [0.4, 0.5) is 11.4 Å². The number of aryl methyl sites for hydroxylation is 1. The van der Waals surface area contributed by atoms with Crippen molar-refractivity contribution < 1.29 is 9.59 Å². The molecule has 0 unspecified atom stereocenters. The number of carbonyl (C=O) groups is 2. The maximum Gasteiger partial charge on any atom is 0.238 e. The fourth-order valence-electron chi connectivity index (χ4n) is 4.36. The smallest absolute Gasteiger partial charge is 0.238 e. The average Bonchev–Trinajstić information content (AvgIpc) is 3.39.